The van der Waals surface area contributed by atoms with Gasteiger partial charge in [-0.3, -0.25) is 4.79 Å². The van der Waals surface area contributed by atoms with Crippen LogP contribution in [-0.2, 0) is 4.79 Å². The van der Waals surface area contributed by atoms with Crippen LogP contribution < -0.4 is 10.6 Å². The maximum atomic E-state index is 12.2. The lowest BCUT2D eigenvalue weighted by atomic mass is 9.88. The molecular weight excluding hydrogens is 236 g/mol. The Kier molecular flexibility index (Phi) is 4.59. The summed E-state index contributed by atoms with van der Waals surface area (Å²) in [5.74, 6) is 0.773. The lowest BCUT2D eigenvalue weighted by Gasteiger charge is -2.32. The molecule has 19 heavy (non-hydrogen) atoms. The molecule has 1 fully saturated rings. The quantitative estimate of drug-likeness (QED) is 0.853. The third-order valence-electron chi connectivity index (χ3n) is 4.14. The van der Waals surface area contributed by atoms with Crippen molar-refractivity contribution in [3.8, 4) is 0 Å². The molecule has 0 aromatic heterocycles. The van der Waals surface area contributed by atoms with Crippen molar-refractivity contribution in [2.75, 3.05) is 13.1 Å². The molecule has 2 unspecified atom stereocenters. The topological polar surface area (TPSA) is 41.1 Å². The molecule has 1 aromatic carbocycles. The summed E-state index contributed by atoms with van der Waals surface area (Å²) in [5, 5.41) is 6.41. The molecule has 2 atom stereocenters. The van der Waals surface area contributed by atoms with Crippen LogP contribution in [0.1, 0.15) is 37.4 Å². The van der Waals surface area contributed by atoms with E-state index in [0.29, 0.717) is 5.92 Å². The van der Waals surface area contributed by atoms with Crippen molar-refractivity contribution in [3.05, 3.63) is 35.4 Å². The first-order valence-corrected chi connectivity index (χ1v) is 7.19. The third kappa shape index (κ3) is 3.35. The smallest absolute Gasteiger partial charge is 0.223 e. The molecule has 1 aliphatic heterocycles. The molecule has 0 saturated carbocycles. The summed E-state index contributed by atoms with van der Waals surface area (Å²) >= 11 is 0. The average molecular weight is 260 g/mol. The monoisotopic (exact) mass is 260 g/mol. The molecule has 3 heteroatoms. The van der Waals surface area contributed by atoms with Gasteiger partial charge in [0.25, 0.3) is 0 Å². The van der Waals surface area contributed by atoms with Crippen LogP contribution in [0.3, 0.4) is 0 Å². The van der Waals surface area contributed by atoms with Gasteiger partial charge in [0.05, 0.1) is 6.04 Å². The minimum absolute atomic E-state index is 0.0979. The number of nitrogens with one attached hydrogen (secondary N) is 2. The van der Waals surface area contributed by atoms with Gasteiger partial charge >= 0.3 is 0 Å². The molecule has 1 amide bonds. The van der Waals surface area contributed by atoms with Crippen molar-refractivity contribution < 1.29 is 4.79 Å². The van der Waals surface area contributed by atoms with Crippen molar-refractivity contribution in [3.63, 3.8) is 0 Å². The van der Waals surface area contributed by atoms with Crippen LogP contribution in [0, 0.1) is 18.8 Å². The molecule has 2 rings (SSSR count). The lowest BCUT2D eigenvalue weighted by molar-refractivity contribution is -0.127. The van der Waals surface area contributed by atoms with E-state index in [0.717, 1.165) is 19.5 Å². The fraction of sp³-hybridized carbons (Fsp3) is 0.562. The van der Waals surface area contributed by atoms with Crippen molar-refractivity contribution in [2.45, 2.75) is 33.2 Å². The van der Waals surface area contributed by atoms with E-state index in [9.17, 15) is 4.79 Å². The van der Waals surface area contributed by atoms with Crippen LogP contribution in [0.2, 0.25) is 0 Å². The highest BCUT2D eigenvalue weighted by Gasteiger charge is 2.29. The van der Waals surface area contributed by atoms with Crippen LogP contribution in [0.5, 0.6) is 0 Å². The van der Waals surface area contributed by atoms with Gasteiger partial charge in [0.1, 0.15) is 0 Å². The summed E-state index contributed by atoms with van der Waals surface area (Å²) in [6, 6.07) is 8.55. The fourth-order valence-corrected chi connectivity index (χ4v) is 2.40. The molecule has 1 heterocycles. The standard InChI is InChI=1S/C16H24N2O/c1-4-15(13-7-5-11(2)6-8-13)18-16(19)12(3)14-9-17-10-14/h5-8,12,14-15,17H,4,9-10H2,1-3H3,(H,18,19). The van der Waals surface area contributed by atoms with Gasteiger partial charge in [-0.2, -0.15) is 0 Å². The van der Waals surface area contributed by atoms with Gasteiger partial charge in [-0.25, -0.2) is 0 Å². The van der Waals surface area contributed by atoms with Gasteiger partial charge in [-0.15, -0.1) is 0 Å². The molecule has 1 aromatic rings. The minimum Gasteiger partial charge on any atom is -0.349 e. The number of amides is 1. The summed E-state index contributed by atoms with van der Waals surface area (Å²) in [7, 11) is 0. The summed E-state index contributed by atoms with van der Waals surface area (Å²) in [6.45, 7) is 8.16. The van der Waals surface area contributed by atoms with Crippen LogP contribution in [0.15, 0.2) is 24.3 Å². The Morgan fingerprint density at radius 1 is 1.37 bits per heavy atom. The summed E-state index contributed by atoms with van der Waals surface area (Å²) in [4.78, 5) is 12.2. The number of carbonyl (C=O) groups excluding carboxylic acids is 1. The predicted octanol–water partition coefficient (Wildman–Crippen LogP) is 2.42. The maximum Gasteiger partial charge on any atom is 0.223 e. The van der Waals surface area contributed by atoms with Crippen LogP contribution >= 0.6 is 0 Å². The fourth-order valence-electron chi connectivity index (χ4n) is 2.40. The van der Waals surface area contributed by atoms with E-state index in [1.807, 2.05) is 6.92 Å². The second-order valence-corrected chi connectivity index (χ2v) is 5.59. The minimum atomic E-state index is 0.0979. The van der Waals surface area contributed by atoms with E-state index < -0.39 is 0 Å². The van der Waals surface area contributed by atoms with E-state index in [1.54, 1.807) is 0 Å². The predicted molar refractivity (Wildman–Crippen MR) is 77.9 cm³/mol. The summed E-state index contributed by atoms with van der Waals surface area (Å²) in [5.41, 5.74) is 2.44. The zero-order chi connectivity index (χ0) is 13.8. The Morgan fingerprint density at radius 2 is 2.00 bits per heavy atom. The lowest BCUT2D eigenvalue weighted by Crippen LogP contribution is -2.50. The molecule has 0 bridgehead atoms. The molecule has 0 spiro atoms. The number of rotatable bonds is 5. The largest absolute Gasteiger partial charge is 0.349 e. The van der Waals surface area contributed by atoms with Crippen molar-refractivity contribution >= 4 is 5.91 Å². The number of hydrogen-bond acceptors (Lipinski definition) is 2. The van der Waals surface area contributed by atoms with E-state index in [1.165, 1.54) is 11.1 Å². The Morgan fingerprint density at radius 3 is 2.47 bits per heavy atom. The molecule has 3 nitrogen and oxygen atoms in total. The molecule has 0 aliphatic carbocycles. The summed E-state index contributed by atoms with van der Waals surface area (Å²) in [6.07, 6.45) is 0.921. The SMILES string of the molecule is CCC(NC(=O)C(C)C1CNC1)c1ccc(C)cc1. The van der Waals surface area contributed by atoms with Gasteiger partial charge in [0.2, 0.25) is 5.91 Å². The first kappa shape index (κ1) is 14.1. The molecule has 104 valence electrons. The molecule has 2 N–H and O–H groups in total. The number of carbonyl (C=O) groups is 1. The highest BCUT2D eigenvalue weighted by Crippen LogP contribution is 2.21. The number of benzene rings is 1. The maximum absolute atomic E-state index is 12.2. The van der Waals surface area contributed by atoms with Crippen LogP contribution in [-0.4, -0.2) is 19.0 Å². The average Bonchev–Trinajstić information content (AvgIpc) is 2.34. The van der Waals surface area contributed by atoms with E-state index >= 15 is 0 Å². The van der Waals surface area contributed by atoms with E-state index in [2.05, 4.69) is 48.7 Å². The molecule has 1 aliphatic rings. The van der Waals surface area contributed by atoms with Gasteiger partial charge < -0.3 is 10.6 Å². The van der Waals surface area contributed by atoms with Gasteiger partial charge in [-0.05, 0) is 37.9 Å². The Hall–Kier alpha value is -1.35. The van der Waals surface area contributed by atoms with Crippen molar-refractivity contribution in [2.24, 2.45) is 11.8 Å². The second kappa shape index (κ2) is 6.20. The van der Waals surface area contributed by atoms with Gasteiger partial charge in [0, 0.05) is 5.92 Å². The number of hydrogen-bond donors (Lipinski definition) is 2. The van der Waals surface area contributed by atoms with E-state index in [4.69, 9.17) is 0 Å². The highest BCUT2D eigenvalue weighted by molar-refractivity contribution is 5.79. The molecule has 0 radical (unpaired) electrons. The molecule has 1 saturated heterocycles. The van der Waals surface area contributed by atoms with Gasteiger partial charge in [0.15, 0.2) is 0 Å². The zero-order valence-electron chi connectivity index (χ0n) is 12.1. The van der Waals surface area contributed by atoms with Gasteiger partial charge in [-0.1, -0.05) is 43.7 Å². The van der Waals surface area contributed by atoms with Crippen molar-refractivity contribution in [1.82, 2.24) is 10.6 Å². The third-order valence-corrected chi connectivity index (χ3v) is 4.14. The Bertz CT molecular complexity index is 423. The summed E-state index contributed by atoms with van der Waals surface area (Å²) < 4.78 is 0. The first-order chi connectivity index (χ1) is 9.11. The Balaban J connectivity index is 1.98. The highest BCUT2D eigenvalue weighted by atomic mass is 16.1. The van der Waals surface area contributed by atoms with Crippen LogP contribution in [0.25, 0.3) is 0 Å². The first-order valence-electron chi connectivity index (χ1n) is 7.19. The molecular formula is C16H24N2O. The Labute approximate surface area is 115 Å². The van der Waals surface area contributed by atoms with E-state index in [-0.39, 0.29) is 17.9 Å². The zero-order valence-corrected chi connectivity index (χ0v) is 12.1. The van der Waals surface area contributed by atoms with Crippen molar-refractivity contribution in [1.29, 1.82) is 0 Å². The number of aryl methyl sites for hydroxylation is 1. The van der Waals surface area contributed by atoms with Crippen LogP contribution in [0.4, 0.5) is 0 Å². The normalized spacial score (nSPS) is 18.5. The second-order valence-electron chi connectivity index (χ2n) is 5.59.